The van der Waals surface area contributed by atoms with Gasteiger partial charge < -0.3 is 10.2 Å². The fraction of sp³-hybridized carbons (Fsp3) is 0.556. The number of nitrogens with zero attached hydrogens (tertiary/aromatic N) is 3. The molecule has 2 aliphatic rings. The molecule has 1 aromatic carbocycles. The lowest BCUT2D eigenvalue weighted by atomic mass is 10.1. The molecule has 3 heterocycles. The number of aromatic nitrogens is 2. The van der Waals surface area contributed by atoms with Crippen LogP contribution in [0.4, 0.5) is 19.0 Å². The van der Waals surface area contributed by atoms with Crippen molar-refractivity contribution in [2.24, 2.45) is 0 Å². The van der Waals surface area contributed by atoms with Crippen LogP contribution in [0.3, 0.4) is 0 Å². The minimum Gasteiger partial charge on any atom is -0.353 e. The highest BCUT2D eigenvalue weighted by Gasteiger charge is 2.37. The van der Waals surface area contributed by atoms with Crippen molar-refractivity contribution in [3.63, 3.8) is 0 Å². The van der Waals surface area contributed by atoms with E-state index in [1.807, 2.05) is 18.7 Å². The van der Waals surface area contributed by atoms with Gasteiger partial charge in [-0.1, -0.05) is 11.6 Å². The minimum absolute atomic E-state index is 0.127. The highest BCUT2D eigenvalue weighted by molar-refractivity contribution is 7.99. The molecule has 28 heavy (non-hydrogen) atoms. The van der Waals surface area contributed by atoms with Gasteiger partial charge in [-0.15, -0.1) is 11.8 Å². The SMILES string of the molecule is C[C@@H]1CN(c2nc(=O)n3c4c(c(Cl)c(C(F)(F)F)cc24)SCCC3)C[C@H](C)N1. The Morgan fingerprint density at radius 1 is 1.29 bits per heavy atom. The summed E-state index contributed by atoms with van der Waals surface area (Å²) in [6, 6.07) is 1.31. The van der Waals surface area contributed by atoms with Crippen LogP contribution in [0.2, 0.25) is 5.02 Å². The number of halogens is 4. The molecule has 10 heteroatoms. The summed E-state index contributed by atoms with van der Waals surface area (Å²) in [5.41, 5.74) is -0.856. The van der Waals surface area contributed by atoms with E-state index in [0.717, 1.165) is 6.07 Å². The van der Waals surface area contributed by atoms with Crippen LogP contribution in [0.5, 0.6) is 0 Å². The number of piperazine rings is 1. The number of hydrogen-bond acceptors (Lipinski definition) is 5. The predicted octanol–water partition coefficient (Wildman–Crippen LogP) is 3.75. The summed E-state index contributed by atoms with van der Waals surface area (Å²) < 4.78 is 42.5. The maximum atomic E-state index is 13.7. The third-order valence-corrected chi connectivity index (χ3v) is 6.76. The molecule has 1 fully saturated rings. The van der Waals surface area contributed by atoms with E-state index >= 15 is 0 Å². The molecule has 1 N–H and O–H groups in total. The summed E-state index contributed by atoms with van der Waals surface area (Å²) in [5.74, 6) is 0.899. The summed E-state index contributed by atoms with van der Waals surface area (Å²) >= 11 is 7.46. The molecular formula is C18H20ClF3N4OS. The Morgan fingerprint density at radius 3 is 2.61 bits per heavy atom. The number of alkyl halides is 3. The Morgan fingerprint density at radius 2 is 1.96 bits per heavy atom. The van der Waals surface area contributed by atoms with Crippen molar-refractivity contribution in [3.05, 3.63) is 27.1 Å². The second kappa shape index (κ2) is 7.11. The Kier molecular flexibility index (Phi) is 5.04. The summed E-state index contributed by atoms with van der Waals surface area (Å²) in [6.45, 7) is 5.53. The summed E-state index contributed by atoms with van der Waals surface area (Å²) in [5, 5.41) is 3.38. The molecule has 0 amide bonds. The number of anilines is 1. The van der Waals surface area contributed by atoms with Crippen molar-refractivity contribution in [2.45, 2.75) is 50.0 Å². The van der Waals surface area contributed by atoms with Crippen molar-refractivity contribution >= 4 is 40.1 Å². The molecule has 0 spiro atoms. The molecule has 1 saturated heterocycles. The lowest BCUT2D eigenvalue weighted by Gasteiger charge is -2.37. The highest BCUT2D eigenvalue weighted by atomic mass is 35.5. The van der Waals surface area contributed by atoms with Gasteiger partial charge in [0.25, 0.3) is 0 Å². The van der Waals surface area contributed by atoms with Crippen LogP contribution < -0.4 is 15.9 Å². The molecule has 5 nitrogen and oxygen atoms in total. The third kappa shape index (κ3) is 3.37. The Bertz CT molecular complexity index is 984. The van der Waals surface area contributed by atoms with E-state index in [2.05, 4.69) is 10.3 Å². The van der Waals surface area contributed by atoms with Gasteiger partial charge in [-0.25, -0.2) is 4.79 Å². The van der Waals surface area contributed by atoms with Gasteiger partial charge in [-0.2, -0.15) is 18.2 Å². The zero-order valence-corrected chi connectivity index (χ0v) is 17.0. The summed E-state index contributed by atoms with van der Waals surface area (Å²) in [7, 11) is 0. The molecule has 4 rings (SSSR count). The average molecular weight is 433 g/mol. The number of benzene rings is 1. The molecule has 0 saturated carbocycles. The first-order chi connectivity index (χ1) is 13.2. The molecule has 0 unspecified atom stereocenters. The first kappa shape index (κ1) is 19.8. The van der Waals surface area contributed by atoms with E-state index in [1.165, 1.54) is 16.3 Å². The molecule has 0 bridgehead atoms. The maximum Gasteiger partial charge on any atom is 0.417 e. The fourth-order valence-corrected chi connectivity index (χ4v) is 5.54. The Balaban J connectivity index is 2.05. The summed E-state index contributed by atoms with van der Waals surface area (Å²) in [4.78, 5) is 19.2. The van der Waals surface area contributed by atoms with Crippen LogP contribution in [0.25, 0.3) is 10.9 Å². The molecule has 2 atom stereocenters. The molecule has 0 radical (unpaired) electrons. The van der Waals surface area contributed by atoms with Crippen LogP contribution in [-0.2, 0) is 12.7 Å². The van der Waals surface area contributed by atoms with E-state index in [0.29, 0.717) is 53.4 Å². The monoisotopic (exact) mass is 432 g/mol. The number of rotatable bonds is 1. The minimum atomic E-state index is -4.59. The van der Waals surface area contributed by atoms with E-state index in [1.54, 1.807) is 0 Å². The topological polar surface area (TPSA) is 50.2 Å². The smallest absolute Gasteiger partial charge is 0.353 e. The molecule has 0 aliphatic carbocycles. The second-order valence-electron chi connectivity index (χ2n) is 7.41. The van der Waals surface area contributed by atoms with Crippen LogP contribution >= 0.6 is 23.4 Å². The van der Waals surface area contributed by atoms with Gasteiger partial charge >= 0.3 is 11.9 Å². The van der Waals surface area contributed by atoms with Crippen LogP contribution in [-0.4, -0.2) is 40.5 Å². The third-order valence-electron chi connectivity index (χ3n) is 5.07. The Labute approximate surface area is 169 Å². The van der Waals surface area contributed by atoms with Crippen molar-refractivity contribution in [1.29, 1.82) is 0 Å². The van der Waals surface area contributed by atoms with E-state index < -0.39 is 17.4 Å². The first-order valence-electron chi connectivity index (χ1n) is 9.15. The van der Waals surface area contributed by atoms with Crippen LogP contribution in [0.1, 0.15) is 25.8 Å². The van der Waals surface area contributed by atoms with Gasteiger partial charge in [0, 0.05) is 37.1 Å². The van der Waals surface area contributed by atoms with Crippen molar-refractivity contribution in [3.8, 4) is 0 Å². The quantitative estimate of drug-likeness (QED) is 0.743. The predicted molar refractivity (Wildman–Crippen MR) is 106 cm³/mol. The standard InChI is InChI=1S/C18H20ClF3N4OS/c1-9-7-25(8-10(2)23-9)16-11-6-12(18(20,21)22)13(19)15-14(11)26(17(27)24-16)4-3-5-28-15/h6,9-10,23H,3-5,7-8H2,1-2H3/t9-,10+. The lowest BCUT2D eigenvalue weighted by molar-refractivity contribution is -0.137. The molecule has 2 aromatic rings. The van der Waals surface area contributed by atoms with Crippen molar-refractivity contribution in [2.75, 3.05) is 23.7 Å². The fourth-order valence-electron chi connectivity index (χ4n) is 4.05. The molecule has 2 aliphatic heterocycles. The molecular weight excluding hydrogens is 413 g/mol. The van der Waals surface area contributed by atoms with Gasteiger partial charge in [-0.3, -0.25) is 4.57 Å². The van der Waals surface area contributed by atoms with Crippen LogP contribution in [0.15, 0.2) is 15.8 Å². The van der Waals surface area contributed by atoms with Gasteiger partial charge in [0.05, 0.1) is 21.0 Å². The molecule has 152 valence electrons. The van der Waals surface area contributed by atoms with Gasteiger partial charge in [0.2, 0.25) is 0 Å². The zero-order chi connectivity index (χ0) is 20.2. The van der Waals surface area contributed by atoms with Gasteiger partial charge in [0.1, 0.15) is 5.82 Å². The van der Waals surface area contributed by atoms with E-state index in [9.17, 15) is 18.0 Å². The normalized spacial score (nSPS) is 23.1. The first-order valence-corrected chi connectivity index (χ1v) is 10.5. The lowest BCUT2D eigenvalue weighted by Crippen LogP contribution is -2.55. The Hall–Kier alpha value is -1.45. The molecule has 1 aromatic heterocycles. The number of hydrogen-bond donors (Lipinski definition) is 1. The number of aryl methyl sites for hydroxylation is 1. The largest absolute Gasteiger partial charge is 0.417 e. The van der Waals surface area contributed by atoms with E-state index in [4.69, 9.17) is 11.6 Å². The van der Waals surface area contributed by atoms with Gasteiger partial charge in [0.15, 0.2) is 0 Å². The zero-order valence-electron chi connectivity index (χ0n) is 15.4. The van der Waals surface area contributed by atoms with Gasteiger partial charge in [-0.05, 0) is 32.1 Å². The highest BCUT2D eigenvalue weighted by Crippen LogP contribution is 2.46. The summed E-state index contributed by atoms with van der Waals surface area (Å²) in [6.07, 6.45) is -3.92. The number of nitrogens with one attached hydrogen (secondary N) is 1. The van der Waals surface area contributed by atoms with Crippen molar-refractivity contribution < 1.29 is 13.2 Å². The second-order valence-corrected chi connectivity index (χ2v) is 8.89. The number of thioether (sulfide) groups is 1. The average Bonchev–Trinajstić information content (AvgIpc) is 2.82. The van der Waals surface area contributed by atoms with Crippen LogP contribution in [0, 0.1) is 0 Å². The van der Waals surface area contributed by atoms with Crippen molar-refractivity contribution in [1.82, 2.24) is 14.9 Å². The maximum absolute atomic E-state index is 13.7. The van der Waals surface area contributed by atoms with E-state index in [-0.39, 0.29) is 17.1 Å².